The Morgan fingerprint density at radius 1 is 1.03 bits per heavy atom. The van der Waals surface area contributed by atoms with Gasteiger partial charge in [-0.2, -0.15) is 0 Å². The lowest BCUT2D eigenvalue weighted by Crippen LogP contribution is -2.40. The minimum atomic E-state index is -0.822. The zero-order chi connectivity index (χ0) is 24.4. The van der Waals surface area contributed by atoms with E-state index in [2.05, 4.69) is 26.0 Å². The summed E-state index contributed by atoms with van der Waals surface area (Å²) in [4.78, 5) is 0. The molecule has 0 unspecified atom stereocenters. The highest BCUT2D eigenvalue weighted by atomic mass is 35.5. The van der Waals surface area contributed by atoms with Crippen molar-refractivity contribution in [3.63, 3.8) is 0 Å². The molecule has 0 saturated carbocycles. The lowest BCUT2D eigenvalue weighted by molar-refractivity contribution is 0.0779. The standard InChI is InChI=1S/C25H36ClN3O4/c1-18(24(27)16-30)29(28)15-21(31)17-33-23-11-7-20(8-12-23)25(2,3)19-5-9-22(10-6-19)32-14-4-13-26/h5-12,21,30-31H,4,13-17,27-28H2,1-3H3/b24-18-/t21-/m1/s1. The van der Waals surface area contributed by atoms with Gasteiger partial charge in [0.15, 0.2) is 0 Å². The van der Waals surface area contributed by atoms with Crippen LogP contribution in [0.5, 0.6) is 11.5 Å². The minimum absolute atomic E-state index is 0.0773. The Morgan fingerprint density at radius 2 is 1.55 bits per heavy atom. The molecule has 8 heteroatoms. The van der Waals surface area contributed by atoms with Gasteiger partial charge in [0, 0.05) is 17.0 Å². The maximum atomic E-state index is 10.2. The monoisotopic (exact) mass is 477 g/mol. The third kappa shape index (κ3) is 7.82. The lowest BCUT2D eigenvalue weighted by Gasteiger charge is -2.27. The van der Waals surface area contributed by atoms with Gasteiger partial charge < -0.3 is 30.4 Å². The molecule has 0 bridgehead atoms. The maximum Gasteiger partial charge on any atom is 0.119 e. The molecular weight excluding hydrogens is 442 g/mol. The van der Waals surface area contributed by atoms with Crippen LogP contribution in [0, 0.1) is 0 Å². The van der Waals surface area contributed by atoms with Crippen LogP contribution in [0.4, 0.5) is 0 Å². The van der Waals surface area contributed by atoms with Crippen LogP contribution in [0.2, 0.25) is 0 Å². The van der Waals surface area contributed by atoms with Crippen molar-refractivity contribution in [2.24, 2.45) is 11.6 Å². The molecule has 0 aromatic heterocycles. The van der Waals surface area contributed by atoms with E-state index in [4.69, 9.17) is 37.8 Å². The Labute approximate surface area is 201 Å². The number of benzene rings is 2. The van der Waals surface area contributed by atoms with E-state index >= 15 is 0 Å². The summed E-state index contributed by atoms with van der Waals surface area (Å²) in [6, 6.07) is 16.0. The number of nitrogens with zero attached hydrogens (tertiary/aromatic N) is 1. The quantitative estimate of drug-likeness (QED) is 0.152. The van der Waals surface area contributed by atoms with Gasteiger partial charge >= 0.3 is 0 Å². The molecule has 7 nitrogen and oxygen atoms in total. The van der Waals surface area contributed by atoms with E-state index in [-0.39, 0.29) is 30.9 Å². The maximum absolute atomic E-state index is 10.2. The second kappa shape index (κ2) is 12.7. The van der Waals surface area contributed by atoms with Gasteiger partial charge in [0.2, 0.25) is 0 Å². The average molecular weight is 478 g/mol. The van der Waals surface area contributed by atoms with Gasteiger partial charge in [-0.05, 0) is 48.7 Å². The predicted molar refractivity (Wildman–Crippen MR) is 132 cm³/mol. The second-order valence-electron chi connectivity index (χ2n) is 8.45. The van der Waals surface area contributed by atoms with Gasteiger partial charge in [0.05, 0.1) is 25.5 Å². The molecule has 0 aliphatic heterocycles. The van der Waals surface area contributed by atoms with Crippen LogP contribution in [0.15, 0.2) is 59.9 Å². The zero-order valence-electron chi connectivity index (χ0n) is 19.6. The van der Waals surface area contributed by atoms with Gasteiger partial charge in [-0.15, -0.1) is 11.6 Å². The third-order valence-corrected chi connectivity index (χ3v) is 5.88. The van der Waals surface area contributed by atoms with Crippen LogP contribution in [-0.2, 0) is 5.41 Å². The van der Waals surface area contributed by atoms with Crippen LogP contribution in [0.25, 0.3) is 0 Å². The van der Waals surface area contributed by atoms with E-state index in [1.54, 1.807) is 6.92 Å². The second-order valence-corrected chi connectivity index (χ2v) is 8.83. The first-order chi connectivity index (χ1) is 15.7. The molecule has 1 atom stereocenters. The van der Waals surface area contributed by atoms with E-state index in [1.807, 2.05) is 36.4 Å². The summed E-state index contributed by atoms with van der Waals surface area (Å²) in [5, 5.41) is 20.6. The number of allylic oxidation sites excluding steroid dienone is 1. The average Bonchev–Trinajstić information content (AvgIpc) is 2.82. The first-order valence-corrected chi connectivity index (χ1v) is 11.5. The van der Waals surface area contributed by atoms with Crippen molar-refractivity contribution in [3.05, 3.63) is 71.1 Å². The van der Waals surface area contributed by atoms with Crippen molar-refractivity contribution in [2.75, 3.05) is 32.2 Å². The van der Waals surface area contributed by atoms with Gasteiger partial charge in [0.1, 0.15) is 24.2 Å². The normalized spacial score (nSPS) is 13.3. The smallest absolute Gasteiger partial charge is 0.119 e. The molecular formula is C25H36ClN3O4. The number of halogens is 1. The largest absolute Gasteiger partial charge is 0.494 e. The predicted octanol–water partition coefficient (Wildman–Crippen LogP) is 3.12. The fraction of sp³-hybridized carbons (Fsp3) is 0.440. The SMILES string of the molecule is C/C(=C(/N)CO)N(N)C[C@@H](O)COc1ccc(C(C)(C)c2ccc(OCCCCl)cc2)cc1. The summed E-state index contributed by atoms with van der Waals surface area (Å²) in [5.74, 6) is 7.96. The summed E-state index contributed by atoms with van der Waals surface area (Å²) in [7, 11) is 0. The Bertz CT molecular complexity index is 886. The molecule has 0 radical (unpaired) electrons. The Balaban J connectivity index is 1.94. The van der Waals surface area contributed by atoms with Crippen LogP contribution in [0.3, 0.4) is 0 Å². The van der Waals surface area contributed by atoms with Crippen LogP contribution < -0.4 is 21.1 Å². The molecule has 33 heavy (non-hydrogen) atoms. The molecule has 6 N–H and O–H groups in total. The van der Waals surface area contributed by atoms with Gasteiger partial charge in [-0.25, -0.2) is 5.84 Å². The number of nitrogens with two attached hydrogens (primary N) is 2. The first-order valence-electron chi connectivity index (χ1n) is 11.0. The number of hydrogen-bond donors (Lipinski definition) is 4. The summed E-state index contributed by atoms with van der Waals surface area (Å²) in [6.07, 6.45) is -0.00234. The molecule has 0 spiro atoms. The van der Waals surface area contributed by atoms with Gasteiger partial charge in [-0.1, -0.05) is 38.1 Å². The van der Waals surface area contributed by atoms with Crippen molar-refractivity contribution >= 4 is 11.6 Å². The number of hydrazine groups is 1. The minimum Gasteiger partial charge on any atom is -0.494 e. The molecule has 0 fully saturated rings. The Kier molecular flexibility index (Phi) is 10.3. The first kappa shape index (κ1) is 26.8. The molecule has 0 heterocycles. The van der Waals surface area contributed by atoms with E-state index < -0.39 is 6.10 Å². The van der Waals surface area contributed by atoms with Crippen molar-refractivity contribution in [1.82, 2.24) is 5.01 Å². The van der Waals surface area contributed by atoms with Gasteiger partial charge in [0.25, 0.3) is 0 Å². The fourth-order valence-corrected chi connectivity index (χ4v) is 3.36. The van der Waals surface area contributed by atoms with E-state index in [0.29, 0.717) is 23.9 Å². The third-order valence-electron chi connectivity index (χ3n) is 5.61. The lowest BCUT2D eigenvalue weighted by atomic mass is 9.78. The molecule has 0 aliphatic rings. The molecule has 2 aromatic rings. The summed E-state index contributed by atoms with van der Waals surface area (Å²) < 4.78 is 11.4. The van der Waals surface area contributed by atoms with Crippen LogP contribution >= 0.6 is 11.6 Å². The van der Waals surface area contributed by atoms with Crippen molar-refractivity contribution in [3.8, 4) is 11.5 Å². The van der Waals surface area contributed by atoms with E-state index in [9.17, 15) is 5.11 Å². The molecule has 0 aliphatic carbocycles. The number of rotatable bonds is 13. The highest BCUT2D eigenvalue weighted by Gasteiger charge is 2.23. The van der Waals surface area contributed by atoms with Crippen molar-refractivity contribution < 1.29 is 19.7 Å². The molecule has 0 saturated heterocycles. The summed E-state index contributed by atoms with van der Waals surface area (Å²) in [5.41, 5.74) is 8.54. The zero-order valence-corrected chi connectivity index (χ0v) is 20.4. The van der Waals surface area contributed by atoms with E-state index in [0.717, 1.165) is 17.7 Å². The highest BCUT2D eigenvalue weighted by molar-refractivity contribution is 6.17. The number of aliphatic hydroxyl groups excluding tert-OH is 2. The molecule has 182 valence electrons. The summed E-state index contributed by atoms with van der Waals surface area (Å²) >= 11 is 5.69. The molecule has 2 aromatic carbocycles. The topological polar surface area (TPSA) is 114 Å². The Morgan fingerprint density at radius 3 is 2.03 bits per heavy atom. The number of alkyl halides is 1. The molecule has 0 amide bonds. The Hall–Kier alpha value is -2.45. The van der Waals surface area contributed by atoms with Crippen molar-refractivity contribution in [1.29, 1.82) is 0 Å². The van der Waals surface area contributed by atoms with Crippen molar-refractivity contribution in [2.45, 2.75) is 38.7 Å². The highest BCUT2D eigenvalue weighted by Crippen LogP contribution is 2.33. The summed E-state index contributed by atoms with van der Waals surface area (Å²) in [6.45, 7) is 6.54. The fourth-order valence-electron chi connectivity index (χ4n) is 3.25. The van der Waals surface area contributed by atoms with Crippen LogP contribution in [0.1, 0.15) is 38.3 Å². The van der Waals surface area contributed by atoms with E-state index in [1.165, 1.54) is 10.6 Å². The molecule has 2 rings (SSSR count). The number of ether oxygens (including phenoxy) is 2. The van der Waals surface area contributed by atoms with Crippen LogP contribution in [-0.4, -0.2) is 53.6 Å². The number of hydrogen-bond acceptors (Lipinski definition) is 7. The van der Waals surface area contributed by atoms with Gasteiger partial charge in [-0.3, -0.25) is 0 Å². The number of aliphatic hydroxyl groups is 2.